The SMILES string of the molecule is CC(C)NC(=O)C1C(c2cccc(NC(=O)C(C)C)c2)OC(=O)N1Cc1cccc(Cl)c1. The van der Waals surface area contributed by atoms with Gasteiger partial charge in [0.15, 0.2) is 12.1 Å². The van der Waals surface area contributed by atoms with Crippen LogP contribution in [-0.4, -0.2) is 34.9 Å². The fraction of sp³-hybridized carbons (Fsp3) is 0.375. The standard InChI is InChI=1S/C24H28ClN3O4/c1-14(2)22(29)27-19-10-6-8-17(12-19)21-20(23(30)26-15(3)4)28(24(31)32-21)13-16-7-5-9-18(25)11-16/h5-12,14-15,20-21H,13H2,1-4H3,(H,26,30)(H,27,29). The van der Waals surface area contributed by atoms with Crippen molar-refractivity contribution in [1.29, 1.82) is 0 Å². The Morgan fingerprint density at radius 1 is 1.09 bits per heavy atom. The van der Waals surface area contributed by atoms with Gasteiger partial charge in [-0.05, 0) is 49.2 Å². The molecule has 0 aromatic heterocycles. The van der Waals surface area contributed by atoms with Crippen LogP contribution in [0, 0.1) is 5.92 Å². The molecule has 2 atom stereocenters. The highest BCUT2D eigenvalue weighted by Crippen LogP contribution is 2.35. The number of rotatable bonds is 7. The molecule has 2 aromatic carbocycles. The highest BCUT2D eigenvalue weighted by molar-refractivity contribution is 6.30. The van der Waals surface area contributed by atoms with Gasteiger partial charge in [-0.3, -0.25) is 14.5 Å². The molecule has 2 N–H and O–H groups in total. The van der Waals surface area contributed by atoms with Crippen LogP contribution >= 0.6 is 11.6 Å². The van der Waals surface area contributed by atoms with Gasteiger partial charge in [-0.25, -0.2) is 4.79 Å². The van der Waals surface area contributed by atoms with E-state index in [1.54, 1.807) is 56.3 Å². The van der Waals surface area contributed by atoms with E-state index in [1.807, 2.05) is 19.9 Å². The number of nitrogens with one attached hydrogen (secondary N) is 2. The lowest BCUT2D eigenvalue weighted by Gasteiger charge is -2.25. The van der Waals surface area contributed by atoms with Crippen molar-refractivity contribution in [3.63, 3.8) is 0 Å². The number of hydrogen-bond acceptors (Lipinski definition) is 4. The first-order valence-corrected chi connectivity index (χ1v) is 11.0. The van der Waals surface area contributed by atoms with Gasteiger partial charge in [-0.1, -0.05) is 49.7 Å². The summed E-state index contributed by atoms with van der Waals surface area (Å²) in [6.45, 7) is 7.49. The predicted molar refractivity (Wildman–Crippen MR) is 123 cm³/mol. The van der Waals surface area contributed by atoms with E-state index in [9.17, 15) is 14.4 Å². The van der Waals surface area contributed by atoms with Crippen molar-refractivity contribution in [3.8, 4) is 0 Å². The molecule has 0 radical (unpaired) electrons. The fourth-order valence-electron chi connectivity index (χ4n) is 3.49. The number of cyclic esters (lactones) is 1. The minimum atomic E-state index is -0.875. The van der Waals surface area contributed by atoms with Crippen LogP contribution in [0.3, 0.4) is 0 Å². The summed E-state index contributed by atoms with van der Waals surface area (Å²) < 4.78 is 5.67. The lowest BCUT2D eigenvalue weighted by atomic mass is 9.99. The number of carbonyl (C=O) groups is 3. The second kappa shape index (κ2) is 10.0. The Labute approximate surface area is 193 Å². The number of anilines is 1. The summed E-state index contributed by atoms with van der Waals surface area (Å²) in [6.07, 6.45) is -1.41. The van der Waals surface area contributed by atoms with Crippen molar-refractivity contribution in [3.05, 3.63) is 64.7 Å². The van der Waals surface area contributed by atoms with Crippen molar-refractivity contribution >= 4 is 35.2 Å². The van der Waals surface area contributed by atoms with Gasteiger partial charge in [0, 0.05) is 22.7 Å². The van der Waals surface area contributed by atoms with E-state index >= 15 is 0 Å². The second-order valence-electron chi connectivity index (χ2n) is 8.44. The van der Waals surface area contributed by atoms with E-state index in [0.29, 0.717) is 16.3 Å². The minimum absolute atomic E-state index is 0.108. The molecule has 2 unspecified atom stereocenters. The summed E-state index contributed by atoms with van der Waals surface area (Å²) >= 11 is 6.09. The highest BCUT2D eigenvalue weighted by Gasteiger charge is 2.47. The average molecular weight is 458 g/mol. The first kappa shape index (κ1) is 23.6. The highest BCUT2D eigenvalue weighted by atomic mass is 35.5. The molecule has 1 heterocycles. The maximum atomic E-state index is 13.1. The van der Waals surface area contributed by atoms with Crippen molar-refractivity contribution in [1.82, 2.24) is 10.2 Å². The average Bonchev–Trinajstić information content (AvgIpc) is 3.04. The maximum Gasteiger partial charge on any atom is 0.411 e. The lowest BCUT2D eigenvalue weighted by molar-refractivity contribution is -0.127. The third-order valence-corrected chi connectivity index (χ3v) is 5.27. The van der Waals surface area contributed by atoms with Gasteiger partial charge in [0.25, 0.3) is 0 Å². The van der Waals surface area contributed by atoms with Crippen molar-refractivity contribution < 1.29 is 19.1 Å². The van der Waals surface area contributed by atoms with Gasteiger partial charge in [0.2, 0.25) is 11.8 Å². The molecule has 0 bridgehead atoms. The van der Waals surface area contributed by atoms with Gasteiger partial charge >= 0.3 is 6.09 Å². The molecule has 32 heavy (non-hydrogen) atoms. The van der Waals surface area contributed by atoms with E-state index in [1.165, 1.54) is 4.90 Å². The third-order valence-electron chi connectivity index (χ3n) is 5.03. The van der Waals surface area contributed by atoms with Crippen LogP contribution < -0.4 is 10.6 Å². The van der Waals surface area contributed by atoms with E-state index < -0.39 is 18.2 Å². The summed E-state index contributed by atoms with van der Waals surface area (Å²) in [6, 6.07) is 13.2. The van der Waals surface area contributed by atoms with Crippen LogP contribution in [0.2, 0.25) is 5.02 Å². The third kappa shape index (κ3) is 5.59. The predicted octanol–water partition coefficient (Wildman–Crippen LogP) is 4.52. The lowest BCUT2D eigenvalue weighted by Crippen LogP contribution is -2.48. The number of ether oxygens (including phenoxy) is 1. The Morgan fingerprint density at radius 3 is 2.47 bits per heavy atom. The largest absolute Gasteiger partial charge is 0.438 e. The van der Waals surface area contributed by atoms with Crippen LogP contribution in [0.5, 0.6) is 0 Å². The smallest absolute Gasteiger partial charge is 0.411 e. The monoisotopic (exact) mass is 457 g/mol. The van der Waals surface area contributed by atoms with Crippen LogP contribution in [0.4, 0.5) is 10.5 Å². The van der Waals surface area contributed by atoms with Crippen molar-refractivity contribution in [2.24, 2.45) is 5.92 Å². The van der Waals surface area contributed by atoms with Gasteiger partial charge in [0.05, 0.1) is 6.54 Å². The topological polar surface area (TPSA) is 87.7 Å². The first-order valence-electron chi connectivity index (χ1n) is 10.6. The fourth-order valence-corrected chi connectivity index (χ4v) is 3.70. The van der Waals surface area contributed by atoms with E-state index in [-0.39, 0.29) is 30.3 Å². The zero-order valence-corrected chi connectivity index (χ0v) is 19.3. The molecule has 2 aromatic rings. The van der Waals surface area contributed by atoms with Crippen LogP contribution in [0.1, 0.15) is 44.9 Å². The summed E-state index contributed by atoms with van der Waals surface area (Å²) in [5.41, 5.74) is 1.99. The van der Waals surface area contributed by atoms with Gasteiger partial charge in [-0.2, -0.15) is 0 Å². The molecule has 3 rings (SSSR count). The van der Waals surface area contributed by atoms with Crippen LogP contribution in [-0.2, 0) is 20.9 Å². The zero-order valence-electron chi connectivity index (χ0n) is 18.6. The van der Waals surface area contributed by atoms with Crippen LogP contribution in [0.15, 0.2) is 48.5 Å². The molecular weight excluding hydrogens is 430 g/mol. The van der Waals surface area contributed by atoms with Gasteiger partial charge < -0.3 is 15.4 Å². The zero-order chi connectivity index (χ0) is 23.4. The number of hydrogen-bond donors (Lipinski definition) is 2. The molecule has 170 valence electrons. The number of halogens is 1. The van der Waals surface area contributed by atoms with Crippen LogP contribution in [0.25, 0.3) is 0 Å². The Morgan fingerprint density at radius 2 is 1.81 bits per heavy atom. The van der Waals surface area contributed by atoms with Crippen molar-refractivity contribution in [2.75, 3.05) is 5.32 Å². The van der Waals surface area contributed by atoms with Gasteiger partial charge in [0.1, 0.15) is 0 Å². The summed E-state index contributed by atoms with van der Waals surface area (Å²) in [5, 5.41) is 6.27. The van der Waals surface area contributed by atoms with Crippen molar-refractivity contribution in [2.45, 2.75) is 52.4 Å². The molecule has 1 fully saturated rings. The molecule has 8 heteroatoms. The van der Waals surface area contributed by atoms with Gasteiger partial charge in [-0.15, -0.1) is 0 Å². The van der Waals surface area contributed by atoms with E-state index in [4.69, 9.17) is 16.3 Å². The molecule has 7 nitrogen and oxygen atoms in total. The molecule has 1 saturated heterocycles. The first-order chi connectivity index (χ1) is 15.2. The quantitative estimate of drug-likeness (QED) is 0.639. The Balaban J connectivity index is 1.93. The molecule has 0 saturated carbocycles. The molecule has 1 aliphatic rings. The number of amides is 3. The summed E-state index contributed by atoms with van der Waals surface area (Å²) in [4.78, 5) is 39.4. The summed E-state index contributed by atoms with van der Waals surface area (Å²) in [5.74, 6) is -0.613. The Bertz CT molecular complexity index is 1010. The van der Waals surface area contributed by atoms with E-state index in [0.717, 1.165) is 5.56 Å². The summed E-state index contributed by atoms with van der Waals surface area (Å²) in [7, 11) is 0. The Kier molecular flexibility index (Phi) is 7.40. The Hall–Kier alpha value is -3.06. The molecule has 0 aliphatic carbocycles. The minimum Gasteiger partial charge on any atom is -0.438 e. The maximum absolute atomic E-state index is 13.1. The molecule has 0 spiro atoms. The number of carbonyl (C=O) groups excluding carboxylic acids is 3. The normalized spacial score (nSPS) is 18.1. The second-order valence-corrected chi connectivity index (χ2v) is 8.88. The molecule has 3 amide bonds. The molecule has 1 aliphatic heterocycles. The molecular formula is C24H28ClN3O4. The number of nitrogens with zero attached hydrogens (tertiary/aromatic N) is 1. The van der Waals surface area contributed by atoms with E-state index in [2.05, 4.69) is 10.6 Å². The number of benzene rings is 2.